The Morgan fingerprint density at radius 3 is 2.77 bits per heavy atom. The quantitative estimate of drug-likeness (QED) is 0.784. The van der Waals surface area contributed by atoms with E-state index < -0.39 is 0 Å². The zero-order chi connectivity index (χ0) is 15.4. The van der Waals surface area contributed by atoms with E-state index in [4.69, 9.17) is 4.42 Å². The molecule has 0 radical (unpaired) electrons. The Labute approximate surface area is 128 Å². The van der Waals surface area contributed by atoms with Crippen LogP contribution in [0.3, 0.4) is 0 Å². The number of carbonyl (C=O) groups excluding carboxylic acids is 1. The Bertz CT molecular complexity index is 745. The molecule has 1 N–H and O–H groups in total. The van der Waals surface area contributed by atoms with Crippen molar-refractivity contribution >= 4 is 17.1 Å². The third-order valence-corrected chi connectivity index (χ3v) is 3.33. The van der Waals surface area contributed by atoms with E-state index in [1.54, 1.807) is 6.20 Å². The average Bonchev–Trinajstić information content (AvgIpc) is 2.98. The van der Waals surface area contributed by atoms with E-state index in [1.165, 1.54) is 0 Å². The highest BCUT2D eigenvalue weighted by Gasteiger charge is 2.08. The highest BCUT2D eigenvalue weighted by molar-refractivity contribution is 5.75. The number of hydrogen-bond acceptors (Lipinski definition) is 4. The molecule has 1 aromatic carbocycles. The molecule has 3 rings (SSSR count). The molecular formula is C17H17N3O2. The Morgan fingerprint density at radius 2 is 2.05 bits per heavy atom. The van der Waals surface area contributed by atoms with Crippen LogP contribution in [-0.4, -0.2) is 15.9 Å². The molecule has 3 aromatic rings. The topological polar surface area (TPSA) is 68.0 Å². The molecule has 0 atom stereocenters. The lowest BCUT2D eigenvalue weighted by Gasteiger charge is -2.04. The van der Waals surface area contributed by atoms with Crippen molar-refractivity contribution in [1.82, 2.24) is 15.3 Å². The lowest BCUT2D eigenvalue weighted by Crippen LogP contribution is -2.21. The van der Waals surface area contributed by atoms with Gasteiger partial charge in [0.05, 0.1) is 0 Å². The summed E-state index contributed by atoms with van der Waals surface area (Å²) in [5.41, 5.74) is 3.21. The third kappa shape index (κ3) is 3.14. The first-order chi connectivity index (χ1) is 10.8. The minimum absolute atomic E-state index is 0.0802. The molecule has 112 valence electrons. The van der Waals surface area contributed by atoms with E-state index in [-0.39, 0.29) is 5.91 Å². The Hall–Kier alpha value is -2.69. The molecule has 0 aliphatic carbocycles. The SMILES string of the molecule is CCCC(=O)NCc1ccc(-c2nc3ncccc3o2)cc1. The summed E-state index contributed by atoms with van der Waals surface area (Å²) in [6.07, 6.45) is 3.11. The molecule has 2 aromatic heterocycles. The molecule has 5 nitrogen and oxygen atoms in total. The largest absolute Gasteiger partial charge is 0.434 e. The fourth-order valence-corrected chi connectivity index (χ4v) is 2.17. The molecule has 22 heavy (non-hydrogen) atoms. The summed E-state index contributed by atoms with van der Waals surface area (Å²) in [6.45, 7) is 2.53. The first kappa shape index (κ1) is 14.3. The lowest BCUT2D eigenvalue weighted by molar-refractivity contribution is -0.121. The van der Waals surface area contributed by atoms with Crippen LogP contribution in [0.5, 0.6) is 0 Å². The monoisotopic (exact) mass is 295 g/mol. The van der Waals surface area contributed by atoms with Crippen LogP contribution < -0.4 is 5.32 Å². The number of nitrogens with one attached hydrogen (secondary N) is 1. The lowest BCUT2D eigenvalue weighted by atomic mass is 10.1. The maximum atomic E-state index is 11.5. The molecule has 2 heterocycles. The summed E-state index contributed by atoms with van der Waals surface area (Å²) in [5.74, 6) is 0.631. The van der Waals surface area contributed by atoms with Gasteiger partial charge in [0.15, 0.2) is 11.2 Å². The van der Waals surface area contributed by atoms with Crippen molar-refractivity contribution in [1.29, 1.82) is 0 Å². The minimum atomic E-state index is 0.0802. The number of nitrogens with zero attached hydrogens (tertiary/aromatic N) is 2. The van der Waals surface area contributed by atoms with Crippen molar-refractivity contribution < 1.29 is 9.21 Å². The van der Waals surface area contributed by atoms with E-state index in [0.29, 0.717) is 30.1 Å². The maximum Gasteiger partial charge on any atom is 0.228 e. The molecular weight excluding hydrogens is 278 g/mol. The molecule has 0 aliphatic heterocycles. The number of benzene rings is 1. The molecule has 1 amide bonds. The molecule has 0 saturated carbocycles. The van der Waals surface area contributed by atoms with Crippen molar-refractivity contribution in [3.8, 4) is 11.5 Å². The maximum absolute atomic E-state index is 11.5. The van der Waals surface area contributed by atoms with Crippen LogP contribution in [0.1, 0.15) is 25.3 Å². The summed E-state index contributed by atoms with van der Waals surface area (Å²) in [5, 5.41) is 2.89. The zero-order valence-electron chi connectivity index (χ0n) is 12.4. The van der Waals surface area contributed by atoms with E-state index in [1.807, 2.05) is 43.3 Å². The van der Waals surface area contributed by atoms with Crippen molar-refractivity contribution in [2.75, 3.05) is 0 Å². The van der Waals surface area contributed by atoms with Crippen LogP contribution in [0.15, 0.2) is 47.0 Å². The second-order valence-corrected chi connectivity index (χ2v) is 5.07. The molecule has 0 spiro atoms. The number of hydrogen-bond donors (Lipinski definition) is 1. The van der Waals surface area contributed by atoms with Crippen LogP contribution in [0.4, 0.5) is 0 Å². The Morgan fingerprint density at radius 1 is 1.23 bits per heavy atom. The fourth-order valence-electron chi connectivity index (χ4n) is 2.17. The van der Waals surface area contributed by atoms with Gasteiger partial charge >= 0.3 is 0 Å². The van der Waals surface area contributed by atoms with Gasteiger partial charge in [0.25, 0.3) is 0 Å². The van der Waals surface area contributed by atoms with Crippen molar-refractivity contribution in [2.24, 2.45) is 0 Å². The van der Waals surface area contributed by atoms with Gasteiger partial charge in [-0.05, 0) is 36.2 Å². The number of oxazole rings is 1. The van der Waals surface area contributed by atoms with Gasteiger partial charge in [0.1, 0.15) is 0 Å². The van der Waals surface area contributed by atoms with Gasteiger partial charge in [-0.15, -0.1) is 0 Å². The molecule has 0 bridgehead atoms. The van der Waals surface area contributed by atoms with Crippen LogP contribution >= 0.6 is 0 Å². The van der Waals surface area contributed by atoms with Crippen molar-refractivity contribution in [2.45, 2.75) is 26.3 Å². The second kappa shape index (κ2) is 6.39. The standard InChI is InChI=1S/C17H17N3O2/c1-2-4-15(21)19-11-12-6-8-13(9-7-12)17-20-16-14(22-17)5-3-10-18-16/h3,5-10H,2,4,11H2,1H3,(H,19,21). The van der Waals surface area contributed by atoms with Gasteiger partial charge in [-0.1, -0.05) is 19.1 Å². The average molecular weight is 295 g/mol. The minimum Gasteiger partial charge on any atom is -0.434 e. The summed E-state index contributed by atoms with van der Waals surface area (Å²) in [7, 11) is 0. The zero-order valence-corrected chi connectivity index (χ0v) is 12.4. The number of fused-ring (bicyclic) bond motifs is 1. The van der Waals surface area contributed by atoms with Gasteiger partial charge in [-0.3, -0.25) is 4.79 Å². The number of pyridine rings is 1. The highest BCUT2D eigenvalue weighted by Crippen LogP contribution is 2.23. The summed E-state index contributed by atoms with van der Waals surface area (Å²) in [6, 6.07) is 11.5. The fraction of sp³-hybridized carbons (Fsp3) is 0.235. The molecule has 0 unspecified atom stereocenters. The van der Waals surface area contributed by atoms with E-state index in [9.17, 15) is 4.79 Å². The first-order valence-corrected chi connectivity index (χ1v) is 7.34. The van der Waals surface area contributed by atoms with Gasteiger partial charge < -0.3 is 9.73 Å². The van der Waals surface area contributed by atoms with Crippen LogP contribution in [0, 0.1) is 0 Å². The second-order valence-electron chi connectivity index (χ2n) is 5.07. The molecule has 0 aliphatic rings. The predicted molar refractivity (Wildman–Crippen MR) is 84.0 cm³/mol. The Kier molecular flexibility index (Phi) is 4.14. The van der Waals surface area contributed by atoms with Gasteiger partial charge in [0.2, 0.25) is 11.8 Å². The highest BCUT2D eigenvalue weighted by atomic mass is 16.3. The smallest absolute Gasteiger partial charge is 0.228 e. The van der Waals surface area contributed by atoms with Gasteiger partial charge in [-0.2, -0.15) is 4.98 Å². The number of rotatable bonds is 5. The van der Waals surface area contributed by atoms with Gasteiger partial charge in [-0.25, -0.2) is 4.98 Å². The van der Waals surface area contributed by atoms with E-state index >= 15 is 0 Å². The predicted octanol–water partition coefficient (Wildman–Crippen LogP) is 3.31. The summed E-state index contributed by atoms with van der Waals surface area (Å²) in [4.78, 5) is 20.0. The van der Waals surface area contributed by atoms with E-state index in [2.05, 4.69) is 15.3 Å². The summed E-state index contributed by atoms with van der Waals surface area (Å²) < 4.78 is 5.68. The van der Waals surface area contributed by atoms with E-state index in [0.717, 1.165) is 17.5 Å². The van der Waals surface area contributed by atoms with Gasteiger partial charge in [0, 0.05) is 24.7 Å². The normalized spacial score (nSPS) is 10.8. The van der Waals surface area contributed by atoms with Crippen molar-refractivity contribution in [3.05, 3.63) is 48.2 Å². The molecule has 0 fully saturated rings. The van der Waals surface area contributed by atoms with Crippen LogP contribution in [-0.2, 0) is 11.3 Å². The Balaban J connectivity index is 1.72. The first-order valence-electron chi connectivity index (χ1n) is 7.34. The number of amides is 1. The summed E-state index contributed by atoms with van der Waals surface area (Å²) >= 11 is 0. The van der Waals surface area contributed by atoms with Crippen LogP contribution in [0.25, 0.3) is 22.7 Å². The molecule has 0 saturated heterocycles. The number of carbonyl (C=O) groups is 1. The third-order valence-electron chi connectivity index (χ3n) is 3.33. The van der Waals surface area contributed by atoms with Crippen molar-refractivity contribution in [3.63, 3.8) is 0 Å². The number of aromatic nitrogens is 2. The molecule has 5 heteroatoms. The van der Waals surface area contributed by atoms with Crippen LogP contribution in [0.2, 0.25) is 0 Å².